The van der Waals surface area contributed by atoms with Crippen LogP contribution in [-0.4, -0.2) is 96.0 Å². The van der Waals surface area contributed by atoms with Crippen LogP contribution in [0.4, 0.5) is 0 Å². The first-order valence-electron chi connectivity index (χ1n) is 22.4. The third-order valence-corrected chi connectivity index (χ3v) is 10.1. The summed E-state index contributed by atoms with van der Waals surface area (Å²) in [6, 6.07) is 0. The van der Waals surface area contributed by atoms with Gasteiger partial charge in [0.1, 0.15) is 36.8 Å². The first-order valence-corrected chi connectivity index (χ1v) is 24.1. The zero-order valence-corrected chi connectivity index (χ0v) is 38.0. The number of aliphatic hydroxyl groups excluding tert-OH is 3. The number of aliphatic hydroxyl groups is 3. The van der Waals surface area contributed by atoms with E-state index >= 15 is 0 Å². The maximum absolute atomic E-state index is 12.8. The largest absolute Gasteiger partial charge is 0.462 e. The molecule has 0 aromatic rings. The fourth-order valence-electron chi connectivity index (χ4n) is 5.95. The van der Waals surface area contributed by atoms with Gasteiger partial charge in [-0.1, -0.05) is 142 Å². The molecule has 0 spiro atoms. The van der Waals surface area contributed by atoms with E-state index in [1.54, 1.807) is 0 Å². The van der Waals surface area contributed by atoms with E-state index in [2.05, 4.69) is 105 Å². The van der Waals surface area contributed by atoms with Crippen molar-refractivity contribution in [3.63, 3.8) is 0 Å². The lowest BCUT2D eigenvalue weighted by molar-refractivity contribution is -0.297. The van der Waals surface area contributed by atoms with Crippen LogP contribution in [0, 0.1) is 0 Å². The van der Waals surface area contributed by atoms with Crippen molar-refractivity contribution >= 4 is 22.1 Å². The second kappa shape index (κ2) is 37.8. The minimum Gasteiger partial charge on any atom is -0.462 e. The van der Waals surface area contributed by atoms with Gasteiger partial charge in [-0.3, -0.25) is 14.1 Å². The Hall–Kier alpha value is -3.69. The SMILES string of the molecule is CC/C=C/C/C=C/C/C=C/C/C=C/C/C=C/C/C=C/CCC(=O)O[C@H](COC(=O)CCCCCCC/C=C/C/C=C/C/C=C/CC)CO[C@H]1O[C@H](CS(=O)(=O)O)[C@@H](O)C(O)C1O. The Bertz CT molecular complexity index is 1560. The lowest BCUT2D eigenvalue weighted by atomic mass is 10.00. The van der Waals surface area contributed by atoms with Crippen molar-refractivity contribution in [3.8, 4) is 0 Å². The van der Waals surface area contributed by atoms with Gasteiger partial charge in [-0.25, -0.2) is 0 Å². The monoisotopic (exact) mass is 889 g/mol. The van der Waals surface area contributed by atoms with Crippen molar-refractivity contribution < 1.29 is 56.8 Å². The predicted octanol–water partition coefficient (Wildman–Crippen LogP) is 9.22. The molecule has 0 aromatic heterocycles. The Labute approximate surface area is 372 Å². The molecule has 2 unspecified atom stereocenters. The lowest BCUT2D eigenvalue weighted by Crippen LogP contribution is -2.60. The molecule has 1 heterocycles. The van der Waals surface area contributed by atoms with Crippen LogP contribution in [-0.2, 0) is 38.7 Å². The van der Waals surface area contributed by atoms with Crippen LogP contribution in [0.3, 0.4) is 0 Å². The first kappa shape index (κ1) is 56.3. The number of carbonyl (C=O) groups is 2. The molecule has 1 fully saturated rings. The van der Waals surface area contributed by atoms with Crippen molar-refractivity contribution in [2.24, 2.45) is 0 Å². The Kier molecular flexibility index (Phi) is 34.4. The lowest BCUT2D eigenvalue weighted by Gasteiger charge is -2.40. The standard InChI is InChI=1S/C49H76O12S/c1-3-5-7-9-11-13-15-17-19-20-21-22-24-26-28-30-32-34-36-38-45(51)60-42(40-59-49-48(54)47(53)46(52)43(61-49)41-62(55,56)57)39-58-44(50)37-35-33-31-29-27-25-23-18-16-14-12-10-8-6-4-2/h5-8,11-14,17-19,21-23,26,28,32,34,42-43,46-49,52-54H,3-4,9-10,15-16,20,24-25,27,29-31,33,35-41H2,1-2H3,(H,55,56,57)/b7-5+,8-6+,13-11+,14-12+,19-17+,22-21+,23-18+,28-26+,34-32+/t42-,43-,46-,47?,48?,49+/m1/s1. The van der Waals surface area contributed by atoms with E-state index in [0.717, 1.165) is 83.5 Å². The van der Waals surface area contributed by atoms with E-state index in [4.69, 9.17) is 18.9 Å². The van der Waals surface area contributed by atoms with Crippen LogP contribution in [0.5, 0.6) is 0 Å². The van der Waals surface area contributed by atoms with Crippen molar-refractivity contribution in [2.45, 2.75) is 166 Å². The molecule has 13 heteroatoms. The van der Waals surface area contributed by atoms with E-state index < -0.39 is 71.2 Å². The number of allylic oxidation sites excluding steroid dienone is 18. The molecule has 1 aliphatic rings. The maximum Gasteiger partial charge on any atom is 0.306 e. The Morgan fingerprint density at radius 3 is 1.50 bits per heavy atom. The number of rotatable bonds is 35. The van der Waals surface area contributed by atoms with Crippen LogP contribution in [0.15, 0.2) is 109 Å². The smallest absolute Gasteiger partial charge is 0.306 e. The molecule has 1 rings (SSSR count). The summed E-state index contributed by atoms with van der Waals surface area (Å²) in [7, 11) is -4.62. The van der Waals surface area contributed by atoms with Gasteiger partial charge < -0.3 is 34.3 Å². The third kappa shape index (κ3) is 32.1. The van der Waals surface area contributed by atoms with Crippen molar-refractivity contribution in [2.75, 3.05) is 19.0 Å². The van der Waals surface area contributed by atoms with Crippen LogP contribution in [0.2, 0.25) is 0 Å². The van der Waals surface area contributed by atoms with Crippen LogP contribution in [0.1, 0.15) is 129 Å². The second-order valence-electron chi connectivity index (χ2n) is 14.9. The molecule has 6 atom stereocenters. The molecule has 4 N–H and O–H groups in total. The normalized spacial score (nSPS) is 20.9. The van der Waals surface area contributed by atoms with Gasteiger partial charge in [0.15, 0.2) is 12.4 Å². The van der Waals surface area contributed by atoms with E-state index in [9.17, 15) is 37.9 Å². The zero-order chi connectivity index (χ0) is 45.5. The first-order chi connectivity index (χ1) is 30.0. The highest BCUT2D eigenvalue weighted by Crippen LogP contribution is 2.24. The molecule has 0 radical (unpaired) electrons. The van der Waals surface area contributed by atoms with Gasteiger partial charge >= 0.3 is 11.9 Å². The molecule has 62 heavy (non-hydrogen) atoms. The highest BCUT2D eigenvalue weighted by atomic mass is 32.2. The summed E-state index contributed by atoms with van der Waals surface area (Å²) in [5.74, 6) is -2.13. The molecular weight excluding hydrogens is 813 g/mol. The quantitative estimate of drug-likeness (QED) is 0.0205. The molecule has 0 bridgehead atoms. The fourth-order valence-corrected chi connectivity index (χ4v) is 6.64. The Morgan fingerprint density at radius 1 is 0.548 bits per heavy atom. The van der Waals surface area contributed by atoms with Gasteiger partial charge in [0.25, 0.3) is 10.1 Å². The average Bonchev–Trinajstić information content (AvgIpc) is 3.24. The summed E-state index contributed by atoms with van der Waals surface area (Å²) in [6.07, 6.45) is 42.9. The number of hydrogen-bond acceptors (Lipinski definition) is 11. The number of ether oxygens (including phenoxy) is 4. The molecular formula is C49H76O12S. The van der Waals surface area contributed by atoms with Crippen LogP contribution < -0.4 is 0 Å². The van der Waals surface area contributed by atoms with Gasteiger partial charge in [-0.15, -0.1) is 0 Å². The summed E-state index contributed by atoms with van der Waals surface area (Å²) in [5.41, 5.74) is 0. The second-order valence-corrected chi connectivity index (χ2v) is 16.4. The molecule has 0 saturated carbocycles. The summed E-state index contributed by atoms with van der Waals surface area (Å²) in [4.78, 5) is 25.4. The minimum absolute atomic E-state index is 0.0281. The summed E-state index contributed by atoms with van der Waals surface area (Å²) in [6.45, 7) is 3.43. The molecule has 0 aromatic carbocycles. The number of unbranched alkanes of at least 4 members (excludes halogenated alkanes) is 5. The summed E-state index contributed by atoms with van der Waals surface area (Å²) < 4.78 is 54.0. The Balaban J connectivity index is 2.53. The van der Waals surface area contributed by atoms with Crippen molar-refractivity contribution in [1.29, 1.82) is 0 Å². The van der Waals surface area contributed by atoms with E-state index in [1.807, 2.05) is 18.2 Å². The van der Waals surface area contributed by atoms with Gasteiger partial charge in [0, 0.05) is 12.8 Å². The van der Waals surface area contributed by atoms with Crippen LogP contribution in [0.25, 0.3) is 0 Å². The van der Waals surface area contributed by atoms with Crippen LogP contribution >= 0.6 is 0 Å². The zero-order valence-electron chi connectivity index (χ0n) is 37.2. The maximum atomic E-state index is 12.8. The Morgan fingerprint density at radius 2 is 1.00 bits per heavy atom. The molecule has 0 aliphatic carbocycles. The van der Waals surface area contributed by atoms with Gasteiger partial charge in [-0.05, 0) is 83.5 Å². The van der Waals surface area contributed by atoms with E-state index in [-0.39, 0.29) is 19.4 Å². The highest BCUT2D eigenvalue weighted by Gasteiger charge is 2.46. The predicted molar refractivity (Wildman–Crippen MR) is 247 cm³/mol. The third-order valence-electron chi connectivity index (χ3n) is 9.36. The molecule has 1 aliphatic heterocycles. The number of hydrogen-bond donors (Lipinski definition) is 4. The molecule has 350 valence electrons. The summed E-state index contributed by atoms with van der Waals surface area (Å²) >= 11 is 0. The molecule has 12 nitrogen and oxygen atoms in total. The minimum atomic E-state index is -4.62. The molecule has 0 amide bonds. The molecule has 1 saturated heterocycles. The highest BCUT2D eigenvalue weighted by molar-refractivity contribution is 7.85. The topological polar surface area (TPSA) is 186 Å². The van der Waals surface area contributed by atoms with Crippen molar-refractivity contribution in [3.05, 3.63) is 109 Å². The van der Waals surface area contributed by atoms with E-state index in [0.29, 0.717) is 19.3 Å². The number of carbonyl (C=O) groups excluding carboxylic acids is 2. The van der Waals surface area contributed by atoms with Gasteiger partial charge in [0.05, 0.1) is 6.61 Å². The summed E-state index contributed by atoms with van der Waals surface area (Å²) in [5, 5.41) is 30.9. The van der Waals surface area contributed by atoms with E-state index in [1.165, 1.54) is 0 Å². The van der Waals surface area contributed by atoms with Gasteiger partial charge in [-0.2, -0.15) is 8.42 Å². The fraction of sp³-hybridized carbons (Fsp3) is 0.592. The van der Waals surface area contributed by atoms with Gasteiger partial charge in [0.2, 0.25) is 0 Å². The number of esters is 2. The van der Waals surface area contributed by atoms with Crippen molar-refractivity contribution in [1.82, 2.24) is 0 Å². The average molecular weight is 889 g/mol.